The van der Waals surface area contributed by atoms with Gasteiger partial charge < -0.3 is 5.32 Å². The molecule has 1 aliphatic rings. The fraction of sp³-hybridized carbons (Fsp3) is 0.333. The zero-order chi connectivity index (χ0) is 14.1. The normalized spacial score (nSPS) is 18.9. The molecule has 20 heavy (non-hydrogen) atoms. The molecule has 1 N–H and O–H groups in total. The molecule has 2 heteroatoms. The summed E-state index contributed by atoms with van der Waals surface area (Å²) >= 11 is 0. The maximum Gasteiger partial charge on any atom is 0.127 e. The van der Waals surface area contributed by atoms with Crippen LogP contribution in [0.2, 0.25) is 0 Å². The Morgan fingerprint density at radius 2 is 2.00 bits per heavy atom. The van der Waals surface area contributed by atoms with E-state index in [1.54, 1.807) is 6.07 Å². The van der Waals surface area contributed by atoms with E-state index in [1.165, 1.54) is 22.8 Å². The van der Waals surface area contributed by atoms with Gasteiger partial charge in [0.15, 0.2) is 0 Å². The lowest BCUT2D eigenvalue weighted by atomic mass is 10.0. The Morgan fingerprint density at radius 3 is 2.80 bits per heavy atom. The van der Waals surface area contributed by atoms with Crippen molar-refractivity contribution < 1.29 is 4.39 Å². The van der Waals surface area contributed by atoms with Gasteiger partial charge in [-0.2, -0.15) is 0 Å². The van der Waals surface area contributed by atoms with Gasteiger partial charge in [0.1, 0.15) is 5.82 Å². The first kappa shape index (κ1) is 13.3. The third-order valence-electron chi connectivity index (χ3n) is 4.20. The first-order chi connectivity index (χ1) is 9.65. The zero-order valence-electron chi connectivity index (χ0n) is 12.0. The summed E-state index contributed by atoms with van der Waals surface area (Å²) in [5, 5.41) is 3.58. The number of nitrogens with one attached hydrogen (secondary N) is 1. The Balaban J connectivity index is 1.80. The molecule has 2 aromatic carbocycles. The van der Waals surface area contributed by atoms with Crippen LogP contribution in [0.15, 0.2) is 42.5 Å². The lowest BCUT2D eigenvalue weighted by molar-refractivity contribution is 0.450. The Kier molecular flexibility index (Phi) is 3.58. The fourth-order valence-electron chi connectivity index (χ4n) is 3.11. The van der Waals surface area contributed by atoms with Gasteiger partial charge in [-0.1, -0.05) is 42.0 Å². The van der Waals surface area contributed by atoms with Crippen LogP contribution < -0.4 is 5.32 Å². The first-order valence-corrected chi connectivity index (χ1v) is 7.25. The van der Waals surface area contributed by atoms with Gasteiger partial charge in [-0.15, -0.1) is 0 Å². The third kappa shape index (κ3) is 2.48. The van der Waals surface area contributed by atoms with Crippen LogP contribution in [0.4, 0.5) is 4.39 Å². The highest BCUT2D eigenvalue weighted by atomic mass is 19.1. The number of aryl methyl sites for hydroxylation is 2. The largest absolute Gasteiger partial charge is 0.303 e. The van der Waals surface area contributed by atoms with Crippen molar-refractivity contribution in [3.63, 3.8) is 0 Å². The number of halogens is 1. The number of rotatable bonds is 3. The predicted octanol–water partition coefficient (Wildman–Crippen LogP) is 4.47. The highest BCUT2D eigenvalue weighted by Crippen LogP contribution is 2.33. The van der Waals surface area contributed by atoms with Crippen molar-refractivity contribution in [1.29, 1.82) is 0 Å². The molecule has 0 spiro atoms. The van der Waals surface area contributed by atoms with Crippen LogP contribution in [0.5, 0.6) is 0 Å². The summed E-state index contributed by atoms with van der Waals surface area (Å²) in [7, 11) is 0. The monoisotopic (exact) mass is 269 g/mol. The van der Waals surface area contributed by atoms with E-state index in [1.807, 2.05) is 19.1 Å². The summed E-state index contributed by atoms with van der Waals surface area (Å²) in [5.74, 6) is -0.130. The van der Waals surface area contributed by atoms with Crippen molar-refractivity contribution in [2.45, 2.75) is 38.8 Å². The SMILES string of the molecule is Cc1ccc2c(c1)C(N[C@H](C)c1ccccc1F)CC2. The molecule has 2 aromatic rings. The van der Waals surface area contributed by atoms with Crippen molar-refractivity contribution in [2.24, 2.45) is 0 Å². The van der Waals surface area contributed by atoms with Crippen LogP contribution in [0.3, 0.4) is 0 Å². The van der Waals surface area contributed by atoms with Gasteiger partial charge in [0, 0.05) is 17.6 Å². The summed E-state index contributed by atoms with van der Waals surface area (Å²) in [6.07, 6.45) is 2.20. The Labute approximate surface area is 119 Å². The molecule has 3 rings (SSSR count). The molecular weight excluding hydrogens is 249 g/mol. The summed E-state index contributed by atoms with van der Waals surface area (Å²) < 4.78 is 13.8. The topological polar surface area (TPSA) is 12.0 Å². The Morgan fingerprint density at radius 1 is 1.20 bits per heavy atom. The van der Waals surface area contributed by atoms with Crippen LogP contribution in [-0.2, 0) is 6.42 Å². The second kappa shape index (κ2) is 5.37. The highest BCUT2D eigenvalue weighted by molar-refractivity contribution is 5.38. The van der Waals surface area contributed by atoms with Crippen LogP contribution in [0, 0.1) is 12.7 Å². The molecule has 0 saturated heterocycles. The first-order valence-electron chi connectivity index (χ1n) is 7.25. The van der Waals surface area contributed by atoms with Gasteiger partial charge >= 0.3 is 0 Å². The predicted molar refractivity (Wildman–Crippen MR) is 80.2 cm³/mol. The van der Waals surface area contributed by atoms with Crippen LogP contribution in [0.1, 0.15) is 47.7 Å². The summed E-state index contributed by atoms with van der Waals surface area (Å²) in [4.78, 5) is 0. The minimum Gasteiger partial charge on any atom is -0.303 e. The summed E-state index contributed by atoms with van der Waals surface area (Å²) in [5.41, 5.74) is 4.84. The van der Waals surface area contributed by atoms with Crippen LogP contribution >= 0.6 is 0 Å². The van der Waals surface area contributed by atoms with E-state index in [4.69, 9.17) is 0 Å². The van der Waals surface area contributed by atoms with Crippen molar-refractivity contribution in [3.05, 3.63) is 70.5 Å². The molecule has 1 nitrogen and oxygen atoms in total. The van der Waals surface area contributed by atoms with E-state index in [2.05, 4.69) is 30.4 Å². The van der Waals surface area contributed by atoms with Gasteiger partial charge in [-0.25, -0.2) is 4.39 Å². The Hall–Kier alpha value is -1.67. The van der Waals surface area contributed by atoms with Gasteiger partial charge in [0.05, 0.1) is 0 Å². The van der Waals surface area contributed by atoms with E-state index in [0.29, 0.717) is 6.04 Å². The molecule has 0 saturated carbocycles. The van der Waals surface area contributed by atoms with Crippen molar-refractivity contribution in [2.75, 3.05) is 0 Å². The number of benzene rings is 2. The quantitative estimate of drug-likeness (QED) is 0.866. The van der Waals surface area contributed by atoms with Crippen LogP contribution in [-0.4, -0.2) is 0 Å². The van der Waals surface area contributed by atoms with Gasteiger partial charge in [0.25, 0.3) is 0 Å². The average Bonchev–Trinajstić information content (AvgIpc) is 2.82. The molecule has 0 radical (unpaired) electrons. The van der Waals surface area contributed by atoms with E-state index in [-0.39, 0.29) is 11.9 Å². The summed E-state index contributed by atoms with van der Waals surface area (Å²) in [6, 6.07) is 14.0. The molecule has 2 atom stereocenters. The molecule has 0 aromatic heterocycles. The maximum atomic E-state index is 13.8. The summed E-state index contributed by atoms with van der Waals surface area (Å²) in [6.45, 7) is 4.15. The number of hydrogen-bond donors (Lipinski definition) is 1. The molecule has 0 heterocycles. The van der Waals surface area contributed by atoms with Crippen molar-refractivity contribution in [3.8, 4) is 0 Å². The van der Waals surface area contributed by atoms with E-state index in [9.17, 15) is 4.39 Å². The molecule has 0 aliphatic heterocycles. The molecule has 0 amide bonds. The molecule has 1 aliphatic carbocycles. The maximum absolute atomic E-state index is 13.8. The lowest BCUT2D eigenvalue weighted by Crippen LogP contribution is -2.23. The number of hydrogen-bond acceptors (Lipinski definition) is 1. The minimum absolute atomic E-state index is 0.0210. The second-order valence-corrected chi connectivity index (χ2v) is 5.70. The third-order valence-corrected chi connectivity index (χ3v) is 4.20. The highest BCUT2D eigenvalue weighted by Gasteiger charge is 2.24. The second-order valence-electron chi connectivity index (χ2n) is 5.70. The molecular formula is C18H20FN. The lowest BCUT2D eigenvalue weighted by Gasteiger charge is -2.21. The molecule has 0 fully saturated rings. The molecule has 1 unspecified atom stereocenters. The van der Waals surface area contributed by atoms with Crippen LogP contribution in [0.25, 0.3) is 0 Å². The zero-order valence-corrected chi connectivity index (χ0v) is 12.0. The molecule has 104 valence electrons. The van der Waals surface area contributed by atoms with Gasteiger partial charge in [-0.05, 0) is 43.9 Å². The standard InChI is InChI=1S/C18H20FN/c1-12-7-8-14-9-10-18(16(14)11-12)20-13(2)15-5-3-4-6-17(15)19/h3-8,11,13,18,20H,9-10H2,1-2H3/t13-,18?/m1/s1. The average molecular weight is 269 g/mol. The van der Waals surface area contributed by atoms with E-state index >= 15 is 0 Å². The van der Waals surface area contributed by atoms with Gasteiger partial charge in [0.2, 0.25) is 0 Å². The van der Waals surface area contributed by atoms with Gasteiger partial charge in [-0.3, -0.25) is 0 Å². The fourth-order valence-corrected chi connectivity index (χ4v) is 3.11. The smallest absolute Gasteiger partial charge is 0.127 e. The van der Waals surface area contributed by atoms with Crippen molar-refractivity contribution >= 4 is 0 Å². The van der Waals surface area contributed by atoms with E-state index in [0.717, 1.165) is 18.4 Å². The minimum atomic E-state index is -0.130. The Bertz CT molecular complexity index is 621. The van der Waals surface area contributed by atoms with E-state index < -0.39 is 0 Å². The molecule has 0 bridgehead atoms. The van der Waals surface area contributed by atoms with Crippen molar-refractivity contribution in [1.82, 2.24) is 5.32 Å². The number of fused-ring (bicyclic) bond motifs is 1.